The molecule has 0 unspecified atom stereocenters. The van der Waals surface area contributed by atoms with Gasteiger partial charge in [0, 0.05) is 31.1 Å². The smallest absolute Gasteiger partial charge is 0.253 e. The third-order valence-corrected chi connectivity index (χ3v) is 6.32. The Bertz CT molecular complexity index is 1120. The van der Waals surface area contributed by atoms with Gasteiger partial charge in [-0.25, -0.2) is 4.39 Å². The van der Waals surface area contributed by atoms with Gasteiger partial charge in [-0.05, 0) is 54.3 Å². The third kappa shape index (κ3) is 5.81. The van der Waals surface area contributed by atoms with Crippen molar-refractivity contribution in [1.29, 1.82) is 0 Å². The lowest BCUT2D eigenvalue weighted by atomic mass is 9.83. The second kappa shape index (κ2) is 11.0. The summed E-state index contributed by atoms with van der Waals surface area (Å²) >= 11 is 0. The Kier molecular flexibility index (Phi) is 7.58. The van der Waals surface area contributed by atoms with Crippen molar-refractivity contribution in [3.8, 4) is 5.75 Å². The van der Waals surface area contributed by atoms with Crippen molar-refractivity contribution in [2.45, 2.75) is 18.8 Å². The van der Waals surface area contributed by atoms with E-state index in [1.54, 1.807) is 18.1 Å². The number of piperidine rings is 1. The topological polar surface area (TPSA) is 58.6 Å². The molecule has 176 valence electrons. The van der Waals surface area contributed by atoms with Crippen molar-refractivity contribution in [1.82, 2.24) is 10.2 Å². The summed E-state index contributed by atoms with van der Waals surface area (Å²) < 4.78 is 18.9. The Balaban J connectivity index is 1.44. The summed E-state index contributed by atoms with van der Waals surface area (Å²) in [5.41, 5.74) is 2.50. The zero-order valence-electron chi connectivity index (χ0n) is 19.2. The van der Waals surface area contributed by atoms with Gasteiger partial charge in [-0.3, -0.25) is 9.59 Å². The molecule has 3 aromatic rings. The predicted octanol–water partition coefficient (Wildman–Crippen LogP) is 4.44. The lowest BCUT2D eigenvalue weighted by Gasteiger charge is -2.37. The maximum atomic E-state index is 13.7. The zero-order valence-corrected chi connectivity index (χ0v) is 19.2. The summed E-state index contributed by atoms with van der Waals surface area (Å²) in [6, 6.07) is 23.4. The van der Waals surface area contributed by atoms with E-state index < -0.39 is 5.82 Å². The summed E-state index contributed by atoms with van der Waals surface area (Å²) in [7, 11) is 1.63. The van der Waals surface area contributed by atoms with Crippen molar-refractivity contribution in [3.63, 3.8) is 0 Å². The Morgan fingerprint density at radius 3 is 2.47 bits per heavy atom. The highest BCUT2D eigenvalue weighted by atomic mass is 19.1. The molecule has 0 spiro atoms. The molecule has 6 heteroatoms. The molecule has 5 nitrogen and oxygen atoms in total. The van der Waals surface area contributed by atoms with Crippen LogP contribution in [0.5, 0.6) is 5.75 Å². The number of carbonyl (C=O) groups excluding carboxylic acids is 2. The number of nitrogens with zero attached hydrogens (tertiary/aromatic N) is 1. The van der Waals surface area contributed by atoms with E-state index in [1.807, 2.05) is 54.6 Å². The molecule has 0 radical (unpaired) electrons. The van der Waals surface area contributed by atoms with Crippen LogP contribution in [-0.2, 0) is 11.2 Å². The number of carbonyl (C=O) groups is 2. The average molecular weight is 461 g/mol. The number of ether oxygens (including phenoxy) is 1. The quantitative estimate of drug-likeness (QED) is 0.567. The SMILES string of the molecule is COc1ccc(CCNC(=O)[C@@H]2C[C@H](c3ccccc3)CN(C(=O)c3cccc(F)c3)C2)cc1. The van der Waals surface area contributed by atoms with E-state index in [0.717, 1.165) is 16.9 Å². The molecule has 0 bridgehead atoms. The highest BCUT2D eigenvalue weighted by Gasteiger charge is 2.34. The van der Waals surface area contributed by atoms with Gasteiger partial charge in [0.05, 0.1) is 13.0 Å². The van der Waals surface area contributed by atoms with Gasteiger partial charge in [-0.15, -0.1) is 0 Å². The van der Waals surface area contributed by atoms with Crippen molar-refractivity contribution in [2.24, 2.45) is 5.92 Å². The summed E-state index contributed by atoms with van der Waals surface area (Å²) in [6.45, 7) is 1.32. The van der Waals surface area contributed by atoms with Crippen LogP contribution < -0.4 is 10.1 Å². The lowest BCUT2D eigenvalue weighted by Crippen LogP contribution is -2.48. The van der Waals surface area contributed by atoms with E-state index in [1.165, 1.54) is 18.2 Å². The molecule has 1 aliphatic rings. The molecular formula is C28H29FN2O3. The minimum Gasteiger partial charge on any atom is -0.497 e. The molecular weight excluding hydrogens is 431 g/mol. The molecule has 2 amide bonds. The van der Waals surface area contributed by atoms with Crippen LogP contribution >= 0.6 is 0 Å². The van der Waals surface area contributed by atoms with Crippen molar-refractivity contribution < 1.29 is 18.7 Å². The third-order valence-electron chi connectivity index (χ3n) is 6.32. The second-order valence-electron chi connectivity index (χ2n) is 8.65. The maximum Gasteiger partial charge on any atom is 0.253 e. The first-order valence-electron chi connectivity index (χ1n) is 11.5. The van der Waals surface area contributed by atoms with Crippen LogP contribution in [0, 0.1) is 11.7 Å². The summed E-state index contributed by atoms with van der Waals surface area (Å²) in [5, 5.41) is 3.04. The van der Waals surface area contributed by atoms with Gasteiger partial charge in [0.1, 0.15) is 11.6 Å². The van der Waals surface area contributed by atoms with Gasteiger partial charge in [0.2, 0.25) is 5.91 Å². The number of amides is 2. The summed E-state index contributed by atoms with van der Waals surface area (Å²) in [5.74, 6) is -0.278. The van der Waals surface area contributed by atoms with E-state index in [9.17, 15) is 14.0 Å². The fraction of sp³-hybridized carbons (Fsp3) is 0.286. The van der Waals surface area contributed by atoms with Gasteiger partial charge < -0.3 is 15.0 Å². The van der Waals surface area contributed by atoms with Crippen LogP contribution in [-0.4, -0.2) is 43.5 Å². The molecule has 4 rings (SSSR count). The molecule has 1 fully saturated rings. The van der Waals surface area contributed by atoms with Crippen LogP contribution in [0.15, 0.2) is 78.9 Å². The van der Waals surface area contributed by atoms with E-state index in [2.05, 4.69) is 5.32 Å². The van der Waals surface area contributed by atoms with Gasteiger partial charge in [-0.1, -0.05) is 48.5 Å². The van der Waals surface area contributed by atoms with Crippen LogP contribution in [0.2, 0.25) is 0 Å². The van der Waals surface area contributed by atoms with Crippen LogP contribution in [0.4, 0.5) is 4.39 Å². The Morgan fingerprint density at radius 2 is 1.76 bits per heavy atom. The normalized spacial score (nSPS) is 17.8. The molecule has 1 saturated heterocycles. The number of hydrogen-bond acceptors (Lipinski definition) is 3. The highest BCUT2D eigenvalue weighted by molar-refractivity contribution is 5.94. The largest absolute Gasteiger partial charge is 0.497 e. The van der Waals surface area contributed by atoms with Crippen molar-refractivity contribution in [2.75, 3.05) is 26.7 Å². The zero-order chi connectivity index (χ0) is 23.9. The van der Waals surface area contributed by atoms with Crippen molar-refractivity contribution >= 4 is 11.8 Å². The summed E-state index contributed by atoms with van der Waals surface area (Å²) in [4.78, 5) is 27.9. The number of hydrogen-bond donors (Lipinski definition) is 1. The molecule has 2 atom stereocenters. The van der Waals surface area contributed by atoms with Crippen LogP contribution in [0.25, 0.3) is 0 Å². The first-order valence-corrected chi connectivity index (χ1v) is 11.5. The van der Waals surface area contributed by atoms with E-state index in [0.29, 0.717) is 38.0 Å². The van der Waals surface area contributed by atoms with E-state index in [-0.39, 0.29) is 23.7 Å². The molecule has 1 aliphatic heterocycles. The predicted molar refractivity (Wildman–Crippen MR) is 129 cm³/mol. The number of likely N-dealkylation sites (tertiary alicyclic amines) is 1. The van der Waals surface area contributed by atoms with E-state index in [4.69, 9.17) is 4.74 Å². The molecule has 3 aromatic carbocycles. The number of benzene rings is 3. The molecule has 34 heavy (non-hydrogen) atoms. The van der Waals surface area contributed by atoms with Crippen molar-refractivity contribution in [3.05, 3.63) is 101 Å². The monoisotopic (exact) mass is 460 g/mol. The lowest BCUT2D eigenvalue weighted by molar-refractivity contribution is -0.126. The fourth-order valence-electron chi connectivity index (χ4n) is 4.49. The van der Waals surface area contributed by atoms with Crippen LogP contribution in [0.3, 0.4) is 0 Å². The Labute approximate surface area is 199 Å². The maximum absolute atomic E-state index is 13.7. The molecule has 0 aliphatic carbocycles. The molecule has 0 saturated carbocycles. The fourth-order valence-corrected chi connectivity index (χ4v) is 4.49. The van der Waals surface area contributed by atoms with Gasteiger partial charge in [-0.2, -0.15) is 0 Å². The number of halogens is 1. The molecule has 1 N–H and O–H groups in total. The molecule has 1 heterocycles. The number of methoxy groups -OCH3 is 1. The van der Waals surface area contributed by atoms with Crippen LogP contribution in [0.1, 0.15) is 33.8 Å². The number of nitrogens with one attached hydrogen (secondary N) is 1. The Hall–Kier alpha value is -3.67. The Morgan fingerprint density at radius 1 is 1.00 bits per heavy atom. The summed E-state index contributed by atoms with van der Waals surface area (Å²) in [6.07, 6.45) is 1.36. The standard InChI is InChI=1S/C28H29FN2O3/c1-34-26-12-10-20(11-13-26)14-15-30-27(32)24-16-23(21-6-3-2-4-7-21)18-31(19-24)28(33)22-8-5-9-25(29)17-22/h2-13,17,23-24H,14-16,18-19H2,1H3,(H,30,32)/t23-,24+/m0/s1. The first-order chi connectivity index (χ1) is 16.5. The average Bonchev–Trinajstić information content (AvgIpc) is 2.89. The van der Waals surface area contributed by atoms with E-state index >= 15 is 0 Å². The van der Waals surface area contributed by atoms with Gasteiger partial charge >= 0.3 is 0 Å². The molecule has 0 aromatic heterocycles. The highest BCUT2D eigenvalue weighted by Crippen LogP contribution is 2.31. The van der Waals surface area contributed by atoms with Gasteiger partial charge in [0.15, 0.2) is 0 Å². The second-order valence-corrected chi connectivity index (χ2v) is 8.65. The minimum atomic E-state index is -0.449. The first kappa shape index (κ1) is 23.5. The van der Waals surface area contributed by atoms with Gasteiger partial charge in [0.25, 0.3) is 5.91 Å². The minimum absolute atomic E-state index is 0.0322. The number of rotatable bonds is 7.